The van der Waals surface area contributed by atoms with Crippen LogP contribution in [0, 0.1) is 5.92 Å². The molecule has 0 saturated heterocycles. The van der Waals surface area contributed by atoms with Gasteiger partial charge in [-0.1, -0.05) is 27.2 Å². The second-order valence-corrected chi connectivity index (χ2v) is 2.73. The molecule has 10 heavy (non-hydrogen) atoms. The van der Waals surface area contributed by atoms with Crippen LogP contribution in [-0.4, -0.2) is 11.8 Å². The molecule has 60 valence electrons. The van der Waals surface area contributed by atoms with E-state index in [9.17, 15) is 4.79 Å². The van der Waals surface area contributed by atoms with Crippen molar-refractivity contribution in [3.05, 3.63) is 0 Å². The highest BCUT2D eigenvalue weighted by Gasteiger charge is 2.16. The fourth-order valence-electron chi connectivity index (χ4n) is 0.807. The molecule has 0 aromatic carbocycles. The largest absolute Gasteiger partial charge is 0.321 e. The van der Waals surface area contributed by atoms with Crippen molar-refractivity contribution in [3.8, 4) is 0 Å². The van der Waals surface area contributed by atoms with Crippen molar-refractivity contribution in [1.29, 1.82) is 0 Å². The summed E-state index contributed by atoms with van der Waals surface area (Å²) in [4.78, 5) is 11.0. The Bertz CT molecular complexity index is 112. The number of carbonyl (C=O) groups excluding carboxylic acids is 1. The van der Waals surface area contributed by atoms with Gasteiger partial charge in [0.15, 0.2) is 0 Å². The fraction of sp³-hybridized carbons (Fsp3) is 0.875. The normalized spacial score (nSPS) is 16.4. The van der Waals surface area contributed by atoms with Gasteiger partial charge >= 0.3 is 0 Å². The number of hydrogen-bond acceptors (Lipinski definition) is 2. The van der Waals surface area contributed by atoms with Crippen LogP contribution in [0.5, 0.6) is 0 Å². The molecule has 0 aliphatic rings. The lowest BCUT2D eigenvalue weighted by Gasteiger charge is -2.15. The first kappa shape index (κ1) is 9.63. The Kier molecular flexibility index (Phi) is 4.28. The van der Waals surface area contributed by atoms with Crippen LogP contribution in [0.1, 0.15) is 33.6 Å². The van der Waals surface area contributed by atoms with Gasteiger partial charge in [0.1, 0.15) is 5.78 Å². The van der Waals surface area contributed by atoms with Crippen LogP contribution in [0.4, 0.5) is 0 Å². The van der Waals surface area contributed by atoms with Gasteiger partial charge in [0.05, 0.1) is 6.04 Å². The average molecular weight is 143 g/mol. The molecule has 0 rings (SSSR count). The van der Waals surface area contributed by atoms with Crippen LogP contribution in [0.3, 0.4) is 0 Å². The predicted octanol–water partition coefficient (Wildman–Crippen LogP) is 1.34. The Balaban J connectivity index is 3.81. The summed E-state index contributed by atoms with van der Waals surface area (Å²) in [5, 5.41) is 0. The van der Waals surface area contributed by atoms with E-state index in [1.807, 2.05) is 20.8 Å². The van der Waals surface area contributed by atoms with E-state index < -0.39 is 0 Å². The van der Waals surface area contributed by atoms with E-state index in [-0.39, 0.29) is 11.8 Å². The first-order valence-electron chi connectivity index (χ1n) is 3.91. The summed E-state index contributed by atoms with van der Waals surface area (Å²) < 4.78 is 0. The molecule has 0 aliphatic heterocycles. The molecule has 2 unspecified atom stereocenters. The van der Waals surface area contributed by atoms with E-state index >= 15 is 0 Å². The molecule has 2 heteroatoms. The number of nitrogens with two attached hydrogens (primary N) is 1. The van der Waals surface area contributed by atoms with Gasteiger partial charge in [0, 0.05) is 6.42 Å². The lowest BCUT2D eigenvalue weighted by atomic mass is 9.95. The van der Waals surface area contributed by atoms with Gasteiger partial charge in [-0.3, -0.25) is 4.79 Å². The molecule has 0 saturated carbocycles. The third kappa shape index (κ3) is 2.48. The average Bonchev–Trinajstić information content (AvgIpc) is 2.00. The molecule has 0 aromatic rings. The maximum atomic E-state index is 11.0. The van der Waals surface area contributed by atoms with Gasteiger partial charge in [-0.2, -0.15) is 0 Å². The lowest BCUT2D eigenvalue weighted by molar-refractivity contribution is -0.121. The van der Waals surface area contributed by atoms with Crippen LogP contribution in [-0.2, 0) is 4.79 Å². The summed E-state index contributed by atoms with van der Waals surface area (Å²) >= 11 is 0. The Hall–Kier alpha value is -0.370. The molecule has 0 aromatic heterocycles. The van der Waals surface area contributed by atoms with Crippen LogP contribution in [0.15, 0.2) is 0 Å². The van der Waals surface area contributed by atoms with Crippen molar-refractivity contribution in [3.63, 3.8) is 0 Å². The quantitative estimate of drug-likeness (QED) is 0.645. The summed E-state index contributed by atoms with van der Waals surface area (Å²) in [7, 11) is 0. The van der Waals surface area contributed by atoms with E-state index in [0.717, 1.165) is 6.42 Å². The number of hydrogen-bond donors (Lipinski definition) is 1. The van der Waals surface area contributed by atoms with Crippen LogP contribution >= 0.6 is 0 Å². The number of Topliss-reactive ketones (excluding diaryl/α,β-unsaturated/α-hetero) is 1. The zero-order valence-electron chi connectivity index (χ0n) is 7.05. The van der Waals surface area contributed by atoms with Gasteiger partial charge < -0.3 is 5.73 Å². The second-order valence-electron chi connectivity index (χ2n) is 2.73. The third-order valence-corrected chi connectivity index (χ3v) is 1.98. The number of carbonyl (C=O) groups is 1. The summed E-state index contributed by atoms with van der Waals surface area (Å²) in [5.74, 6) is 0.502. The molecule has 0 heterocycles. The maximum Gasteiger partial charge on any atom is 0.149 e. The highest BCUT2D eigenvalue weighted by atomic mass is 16.1. The van der Waals surface area contributed by atoms with Crippen molar-refractivity contribution in [2.75, 3.05) is 0 Å². The van der Waals surface area contributed by atoms with Crippen LogP contribution in [0.2, 0.25) is 0 Å². The molecule has 2 atom stereocenters. The van der Waals surface area contributed by atoms with E-state index in [4.69, 9.17) is 5.73 Å². The first-order valence-corrected chi connectivity index (χ1v) is 3.91. The Labute approximate surface area is 62.8 Å². The maximum absolute atomic E-state index is 11.0. The van der Waals surface area contributed by atoms with E-state index in [2.05, 4.69) is 0 Å². The van der Waals surface area contributed by atoms with Gasteiger partial charge in [0.2, 0.25) is 0 Å². The summed E-state index contributed by atoms with van der Waals surface area (Å²) in [5.41, 5.74) is 5.63. The fourth-order valence-corrected chi connectivity index (χ4v) is 0.807. The third-order valence-electron chi connectivity index (χ3n) is 1.98. The second kappa shape index (κ2) is 4.45. The van der Waals surface area contributed by atoms with Gasteiger partial charge in [0.25, 0.3) is 0 Å². The zero-order valence-corrected chi connectivity index (χ0v) is 7.05. The molecular formula is C8H17NO. The minimum atomic E-state index is -0.241. The Morgan fingerprint density at radius 3 is 2.30 bits per heavy atom. The minimum absolute atomic E-state index is 0.175. The Morgan fingerprint density at radius 2 is 2.00 bits per heavy atom. The van der Waals surface area contributed by atoms with E-state index in [1.54, 1.807) is 0 Å². The number of rotatable bonds is 4. The molecule has 2 N–H and O–H groups in total. The summed E-state index contributed by atoms with van der Waals surface area (Å²) in [6.45, 7) is 5.91. The van der Waals surface area contributed by atoms with Gasteiger partial charge in [-0.05, 0) is 5.92 Å². The predicted molar refractivity (Wildman–Crippen MR) is 42.7 cm³/mol. The monoisotopic (exact) mass is 143 g/mol. The van der Waals surface area contributed by atoms with Crippen molar-refractivity contribution < 1.29 is 4.79 Å². The van der Waals surface area contributed by atoms with Crippen molar-refractivity contribution in [1.82, 2.24) is 0 Å². The molecule has 0 aliphatic carbocycles. The van der Waals surface area contributed by atoms with Crippen LogP contribution in [0.25, 0.3) is 0 Å². The minimum Gasteiger partial charge on any atom is -0.321 e. The molecule has 0 bridgehead atoms. The zero-order chi connectivity index (χ0) is 8.15. The molecule has 0 amide bonds. The molecular weight excluding hydrogens is 126 g/mol. The Morgan fingerprint density at radius 1 is 1.50 bits per heavy atom. The highest BCUT2D eigenvalue weighted by molar-refractivity contribution is 5.83. The molecule has 0 spiro atoms. The summed E-state index contributed by atoms with van der Waals surface area (Å²) in [6.07, 6.45) is 1.54. The standard InChI is InChI=1S/C8H17NO/c1-4-6(3)8(9)7(10)5-2/h6,8H,4-5,9H2,1-3H3. The summed E-state index contributed by atoms with van der Waals surface area (Å²) in [6, 6.07) is -0.241. The highest BCUT2D eigenvalue weighted by Crippen LogP contribution is 2.06. The van der Waals surface area contributed by atoms with Crippen LogP contribution < -0.4 is 5.73 Å². The van der Waals surface area contributed by atoms with Gasteiger partial charge in [-0.25, -0.2) is 0 Å². The van der Waals surface area contributed by atoms with Crippen molar-refractivity contribution in [2.24, 2.45) is 11.7 Å². The number of ketones is 1. The molecule has 0 radical (unpaired) electrons. The molecule has 0 fully saturated rings. The topological polar surface area (TPSA) is 43.1 Å². The lowest BCUT2D eigenvalue weighted by Crippen LogP contribution is -2.35. The van der Waals surface area contributed by atoms with Gasteiger partial charge in [-0.15, -0.1) is 0 Å². The first-order chi connectivity index (χ1) is 4.63. The van der Waals surface area contributed by atoms with Crippen molar-refractivity contribution >= 4 is 5.78 Å². The smallest absolute Gasteiger partial charge is 0.149 e. The molecule has 2 nitrogen and oxygen atoms in total. The van der Waals surface area contributed by atoms with E-state index in [1.165, 1.54) is 0 Å². The SMILES string of the molecule is CCC(=O)C(N)C(C)CC. The van der Waals surface area contributed by atoms with Crippen molar-refractivity contribution in [2.45, 2.75) is 39.7 Å². The van der Waals surface area contributed by atoms with E-state index in [0.29, 0.717) is 12.3 Å².